The van der Waals surface area contributed by atoms with Gasteiger partial charge in [-0.05, 0) is 43.3 Å². The zero-order valence-corrected chi connectivity index (χ0v) is 11.8. The van der Waals surface area contributed by atoms with Crippen LogP contribution in [-0.4, -0.2) is 12.6 Å². The van der Waals surface area contributed by atoms with Crippen molar-refractivity contribution in [3.8, 4) is 6.07 Å². The Morgan fingerprint density at radius 2 is 2.30 bits per heavy atom. The molecule has 3 atom stereocenters. The monoisotopic (exact) mass is 269 g/mol. The Balaban J connectivity index is 2.12. The number of carbonyl (C=O) groups is 1. The van der Waals surface area contributed by atoms with Gasteiger partial charge in [0.05, 0.1) is 24.0 Å². The fraction of sp³-hybridized carbons (Fsp3) is 0.529. The van der Waals surface area contributed by atoms with Crippen LogP contribution in [0.1, 0.15) is 32.6 Å². The normalized spacial score (nSPS) is 34.4. The third-order valence-electron chi connectivity index (χ3n) is 4.84. The number of nitrogens with zero attached hydrogens (tertiary/aromatic N) is 1. The first-order valence-electron chi connectivity index (χ1n) is 7.40. The second-order valence-electron chi connectivity index (χ2n) is 5.72. The molecule has 0 aromatic carbocycles. The van der Waals surface area contributed by atoms with Gasteiger partial charge < -0.3 is 4.74 Å². The van der Waals surface area contributed by atoms with Crippen LogP contribution in [0.2, 0.25) is 0 Å². The first-order chi connectivity index (χ1) is 9.74. The molecule has 3 nitrogen and oxygen atoms in total. The molecule has 0 unspecified atom stereocenters. The minimum atomic E-state index is -0.474. The van der Waals surface area contributed by atoms with Crippen molar-refractivity contribution in [2.24, 2.45) is 17.3 Å². The highest BCUT2D eigenvalue weighted by Gasteiger charge is 2.57. The summed E-state index contributed by atoms with van der Waals surface area (Å²) in [6, 6.07) is 2.54. The molecule has 0 radical (unpaired) electrons. The molecular formula is C17H19NO2. The summed E-state index contributed by atoms with van der Waals surface area (Å²) in [6.07, 6.45) is 11.9. The van der Waals surface area contributed by atoms with Crippen molar-refractivity contribution in [1.82, 2.24) is 0 Å². The van der Waals surface area contributed by atoms with Gasteiger partial charge in [-0.25, -0.2) is 0 Å². The number of fused-ring (bicyclic) bond motifs is 2. The van der Waals surface area contributed by atoms with Gasteiger partial charge in [-0.1, -0.05) is 30.7 Å². The maximum Gasteiger partial charge on any atom is 0.313 e. The zero-order valence-electron chi connectivity index (χ0n) is 11.8. The standard InChI is InChI=1S/C17H19NO2/c1-2-20-16(19)15-12-7-4-3-5-8-13(12)17(11-18)10-6-9-14(15)17/h4-5,7-8,14-15H,2-3,6,9-10H2,1H3/t14-,15+,17-/m0/s1. The Labute approximate surface area is 119 Å². The molecule has 3 aliphatic rings. The van der Waals surface area contributed by atoms with Crippen molar-refractivity contribution in [3.63, 3.8) is 0 Å². The number of hydrogen-bond donors (Lipinski definition) is 0. The molecule has 0 aromatic rings. The number of hydrogen-bond acceptors (Lipinski definition) is 3. The molecule has 0 bridgehead atoms. The maximum absolute atomic E-state index is 12.4. The third kappa shape index (κ3) is 1.67. The molecule has 0 saturated heterocycles. The highest BCUT2D eigenvalue weighted by Crippen LogP contribution is 2.60. The first-order valence-corrected chi connectivity index (χ1v) is 7.40. The largest absolute Gasteiger partial charge is 0.466 e. The third-order valence-corrected chi connectivity index (χ3v) is 4.84. The Morgan fingerprint density at radius 1 is 1.50 bits per heavy atom. The summed E-state index contributed by atoms with van der Waals surface area (Å²) in [4.78, 5) is 12.4. The molecule has 3 aliphatic carbocycles. The van der Waals surface area contributed by atoms with E-state index in [9.17, 15) is 10.1 Å². The van der Waals surface area contributed by atoms with Crippen LogP contribution in [0, 0.1) is 28.6 Å². The van der Waals surface area contributed by atoms with E-state index in [1.54, 1.807) is 0 Å². The van der Waals surface area contributed by atoms with Crippen molar-refractivity contribution >= 4 is 5.97 Å². The minimum absolute atomic E-state index is 0.0870. The fourth-order valence-electron chi connectivity index (χ4n) is 4.08. The van der Waals surface area contributed by atoms with E-state index in [2.05, 4.69) is 24.3 Å². The van der Waals surface area contributed by atoms with Crippen molar-refractivity contribution < 1.29 is 9.53 Å². The second kappa shape index (κ2) is 4.94. The summed E-state index contributed by atoms with van der Waals surface area (Å²) < 4.78 is 5.27. The van der Waals surface area contributed by atoms with Crippen LogP contribution < -0.4 is 0 Å². The average molecular weight is 269 g/mol. The SMILES string of the molecule is CCOC(=O)[C@@H]1C2=C(C=CCC=C2)[C@@]2(C#N)CCC[C@@H]12. The summed E-state index contributed by atoms with van der Waals surface area (Å²) in [6.45, 7) is 2.22. The average Bonchev–Trinajstić information content (AvgIpc) is 2.85. The molecule has 1 fully saturated rings. The van der Waals surface area contributed by atoms with E-state index in [1.165, 1.54) is 0 Å². The zero-order chi connectivity index (χ0) is 14.2. The predicted molar refractivity (Wildman–Crippen MR) is 75.4 cm³/mol. The lowest BCUT2D eigenvalue weighted by molar-refractivity contribution is -0.148. The number of allylic oxidation sites excluding steroid dienone is 5. The molecule has 0 heterocycles. The predicted octanol–water partition coefficient (Wildman–Crippen LogP) is 3.30. The van der Waals surface area contributed by atoms with Crippen LogP contribution in [-0.2, 0) is 9.53 Å². The van der Waals surface area contributed by atoms with E-state index in [0.29, 0.717) is 6.61 Å². The van der Waals surface area contributed by atoms with Gasteiger partial charge in [-0.2, -0.15) is 5.26 Å². The number of esters is 1. The van der Waals surface area contributed by atoms with Crippen LogP contribution in [0.15, 0.2) is 35.5 Å². The van der Waals surface area contributed by atoms with Crippen LogP contribution in [0.25, 0.3) is 0 Å². The number of rotatable bonds is 2. The molecule has 0 aliphatic heterocycles. The summed E-state index contributed by atoms with van der Waals surface area (Å²) in [5.74, 6) is -0.334. The van der Waals surface area contributed by atoms with Crippen LogP contribution in [0.5, 0.6) is 0 Å². The van der Waals surface area contributed by atoms with Crippen molar-refractivity contribution in [2.45, 2.75) is 32.6 Å². The lowest BCUT2D eigenvalue weighted by Gasteiger charge is -2.25. The Morgan fingerprint density at radius 3 is 3.05 bits per heavy atom. The van der Waals surface area contributed by atoms with E-state index in [-0.39, 0.29) is 17.8 Å². The molecule has 3 heteroatoms. The van der Waals surface area contributed by atoms with Crippen molar-refractivity contribution in [2.75, 3.05) is 6.61 Å². The maximum atomic E-state index is 12.4. The number of ether oxygens (including phenoxy) is 1. The summed E-state index contributed by atoms with van der Waals surface area (Å²) in [7, 11) is 0. The Kier molecular flexibility index (Phi) is 3.25. The second-order valence-corrected chi connectivity index (χ2v) is 5.72. The lowest BCUT2D eigenvalue weighted by Crippen LogP contribution is -2.29. The minimum Gasteiger partial charge on any atom is -0.466 e. The summed E-state index contributed by atoms with van der Waals surface area (Å²) in [5.41, 5.74) is 1.61. The van der Waals surface area contributed by atoms with Crippen molar-refractivity contribution in [3.05, 3.63) is 35.5 Å². The van der Waals surface area contributed by atoms with Gasteiger partial charge in [0.15, 0.2) is 0 Å². The van der Waals surface area contributed by atoms with E-state index in [0.717, 1.165) is 36.8 Å². The van der Waals surface area contributed by atoms with Gasteiger partial charge in [0.2, 0.25) is 0 Å². The summed E-state index contributed by atoms with van der Waals surface area (Å²) in [5, 5.41) is 9.79. The molecule has 3 rings (SSSR count). The van der Waals surface area contributed by atoms with Gasteiger partial charge in [-0.15, -0.1) is 0 Å². The van der Waals surface area contributed by atoms with Gasteiger partial charge in [0.25, 0.3) is 0 Å². The highest BCUT2D eigenvalue weighted by molar-refractivity contribution is 5.80. The molecule has 0 spiro atoms. The lowest BCUT2D eigenvalue weighted by atomic mass is 9.74. The van der Waals surface area contributed by atoms with Gasteiger partial charge in [0.1, 0.15) is 0 Å². The van der Waals surface area contributed by atoms with E-state index in [1.807, 2.05) is 13.0 Å². The fourth-order valence-corrected chi connectivity index (χ4v) is 4.08. The molecule has 1 saturated carbocycles. The van der Waals surface area contributed by atoms with Crippen LogP contribution in [0.4, 0.5) is 0 Å². The van der Waals surface area contributed by atoms with E-state index >= 15 is 0 Å². The molecule has 0 amide bonds. The van der Waals surface area contributed by atoms with Crippen LogP contribution >= 0.6 is 0 Å². The number of nitriles is 1. The van der Waals surface area contributed by atoms with E-state index in [4.69, 9.17) is 4.74 Å². The first kappa shape index (κ1) is 13.2. The highest BCUT2D eigenvalue weighted by atomic mass is 16.5. The summed E-state index contributed by atoms with van der Waals surface area (Å²) >= 11 is 0. The molecule has 104 valence electrons. The van der Waals surface area contributed by atoms with Crippen molar-refractivity contribution in [1.29, 1.82) is 5.26 Å². The van der Waals surface area contributed by atoms with E-state index < -0.39 is 5.41 Å². The smallest absolute Gasteiger partial charge is 0.313 e. The molecule has 20 heavy (non-hydrogen) atoms. The number of carbonyl (C=O) groups excluding carboxylic acids is 1. The molecule has 0 N–H and O–H groups in total. The Bertz CT molecular complexity index is 564. The van der Waals surface area contributed by atoms with Gasteiger partial charge >= 0.3 is 5.97 Å². The van der Waals surface area contributed by atoms with Crippen LogP contribution in [0.3, 0.4) is 0 Å². The topological polar surface area (TPSA) is 50.1 Å². The quantitative estimate of drug-likeness (QED) is 0.723. The van der Waals surface area contributed by atoms with Gasteiger partial charge in [0, 0.05) is 0 Å². The Hall–Kier alpha value is -1.82. The molecule has 0 aromatic heterocycles. The molecular weight excluding hydrogens is 250 g/mol. The van der Waals surface area contributed by atoms with Gasteiger partial charge in [-0.3, -0.25) is 4.79 Å².